The lowest BCUT2D eigenvalue weighted by Crippen LogP contribution is -2.46. The van der Waals surface area contributed by atoms with Crippen molar-refractivity contribution in [3.63, 3.8) is 0 Å². The van der Waals surface area contributed by atoms with Crippen molar-refractivity contribution in [1.82, 2.24) is 5.32 Å². The second-order valence-corrected chi connectivity index (χ2v) is 5.58. The minimum Gasteiger partial charge on any atom is -0.394 e. The van der Waals surface area contributed by atoms with Crippen molar-refractivity contribution >= 4 is 5.91 Å². The summed E-state index contributed by atoms with van der Waals surface area (Å²) in [6.45, 7) is -0.218. The maximum Gasteiger partial charge on any atom is 0.240 e. The molecule has 1 aliphatic carbocycles. The van der Waals surface area contributed by atoms with E-state index in [1.54, 1.807) is 12.1 Å². The van der Waals surface area contributed by atoms with E-state index in [-0.39, 0.29) is 18.3 Å². The van der Waals surface area contributed by atoms with Gasteiger partial charge in [0.05, 0.1) is 18.7 Å². The summed E-state index contributed by atoms with van der Waals surface area (Å²) in [4.78, 5) is 12.3. The van der Waals surface area contributed by atoms with Gasteiger partial charge in [0.1, 0.15) is 11.2 Å². The van der Waals surface area contributed by atoms with Crippen molar-refractivity contribution in [2.24, 2.45) is 5.41 Å². The van der Waals surface area contributed by atoms with E-state index in [9.17, 15) is 19.6 Å². The number of halogens is 1. The number of carbonyl (C=O) groups excluding carboxylic acids is 1. The van der Waals surface area contributed by atoms with Crippen LogP contribution in [-0.4, -0.2) is 23.7 Å². The summed E-state index contributed by atoms with van der Waals surface area (Å²) in [7, 11) is 0. The van der Waals surface area contributed by atoms with E-state index in [1.165, 1.54) is 12.1 Å². The second-order valence-electron chi connectivity index (χ2n) is 5.58. The van der Waals surface area contributed by atoms with Crippen LogP contribution in [-0.2, 0) is 11.2 Å². The number of carbonyl (C=O) groups is 1. The molecule has 1 fully saturated rings. The molecule has 4 nitrogen and oxygen atoms in total. The van der Waals surface area contributed by atoms with Crippen molar-refractivity contribution < 1.29 is 14.3 Å². The van der Waals surface area contributed by atoms with Crippen LogP contribution in [0.2, 0.25) is 0 Å². The monoisotopic (exact) mass is 290 g/mol. The molecule has 1 saturated carbocycles. The van der Waals surface area contributed by atoms with E-state index in [0.717, 1.165) is 18.4 Å². The Bertz CT molecular complexity index is 530. The molecule has 0 aromatic heterocycles. The third-order valence-electron chi connectivity index (χ3n) is 4.06. The van der Waals surface area contributed by atoms with Gasteiger partial charge >= 0.3 is 0 Å². The van der Waals surface area contributed by atoms with E-state index in [1.807, 2.05) is 0 Å². The molecule has 112 valence electrons. The Hall–Kier alpha value is -1.93. The summed E-state index contributed by atoms with van der Waals surface area (Å²) in [5.74, 6) is -0.624. The van der Waals surface area contributed by atoms with Gasteiger partial charge in [0.15, 0.2) is 0 Å². The lowest BCUT2D eigenvalue weighted by Gasteiger charge is -2.24. The molecule has 0 radical (unpaired) electrons. The van der Waals surface area contributed by atoms with Gasteiger partial charge in [0.25, 0.3) is 0 Å². The van der Waals surface area contributed by atoms with Gasteiger partial charge < -0.3 is 10.4 Å². The molecule has 5 heteroatoms. The van der Waals surface area contributed by atoms with E-state index >= 15 is 0 Å². The third kappa shape index (κ3) is 3.59. The number of amides is 1. The first-order valence-corrected chi connectivity index (χ1v) is 7.17. The van der Waals surface area contributed by atoms with Crippen LogP contribution in [0.4, 0.5) is 4.39 Å². The molecule has 0 aliphatic heterocycles. The van der Waals surface area contributed by atoms with Crippen molar-refractivity contribution in [3.8, 4) is 6.07 Å². The quantitative estimate of drug-likeness (QED) is 0.870. The Morgan fingerprint density at radius 1 is 1.38 bits per heavy atom. The van der Waals surface area contributed by atoms with Gasteiger partial charge in [-0.15, -0.1) is 0 Å². The zero-order valence-corrected chi connectivity index (χ0v) is 11.8. The highest BCUT2D eigenvalue weighted by Crippen LogP contribution is 2.37. The predicted octanol–water partition coefficient (Wildman–Crippen LogP) is 1.93. The maximum atomic E-state index is 12.9. The highest BCUT2D eigenvalue weighted by molar-refractivity contribution is 5.86. The number of nitrogens with zero attached hydrogens (tertiary/aromatic N) is 1. The van der Waals surface area contributed by atoms with Gasteiger partial charge in [-0.3, -0.25) is 4.79 Å². The number of hydrogen-bond acceptors (Lipinski definition) is 3. The highest BCUT2D eigenvalue weighted by atomic mass is 19.1. The molecule has 2 N–H and O–H groups in total. The Kier molecular flexibility index (Phi) is 4.92. The molecule has 2 rings (SSSR count). The largest absolute Gasteiger partial charge is 0.394 e. The molecule has 1 aliphatic rings. The summed E-state index contributed by atoms with van der Waals surface area (Å²) in [6.07, 6.45) is 3.31. The summed E-state index contributed by atoms with van der Waals surface area (Å²) >= 11 is 0. The van der Waals surface area contributed by atoms with Gasteiger partial charge in [0.2, 0.25) is 5.91 Å². The summed E-state index contributed by atoms with van der Waals surface area (Å²) in [5, 5.41) is 21.5. The SMILES string of the molecule is N#CC1(C(=O)N[C@@H](CO)Cc2ccc(F)cc2)CCCC1. The second kappa shape index (κ2) is 6.68. The van der Waals surface area contributed by atoms with Crippen LogP contribution in [0.5, 0.6) is 0 Å². The standard InChI is InChI=1S/C16H19FN2O2/c17-13-5-3-12(4-6-13)9-14(10-20)19-15(21)16(11-18)7-1-2-8-16/h3-6,14,20H,1-2,7-10H2,(H,19,21)/t14-/m1/s1. The first-order chi connectivity index (χ1) is 10.1. The van der Waals surface area contributed by atoms with Gasteiger partial charge in [-0.05, 0) is 37.0 Å². The number of benzene rings is 1. The topological polar surface area (TPSA) is 73.1 Å². The molecule has 0 saturated heterocycles. The van der Waals surface area contributed by atoms with Gasteiger partial charge in [-0.2, -0.15) is 5.26 Å². The first-order valence-electron chi connectivity index (χ1n) is 7.17. The number of nitrogens with one attached hydrogen (secondary N) is 1. The molecule has 0 unspecified atom stereocenters. The Morgan fingerprint density at radius 2 is 2.00 bits per heavy atom. The number of hydrogen-bond donors (Lipinski definition) is 2. The molecule has 1 atom stereocenters. The normalized spacial score (nSPS) is 18.0. The molecule has 1 amide bonds. The van der Waals surface area contributed by atoms with E-state index in [4.69, 9.17) is 0 Å². The molecular formula is C16H19FN2O2. The molecule has 1 aromatic carbocycles. The minimum atomic E-state index is -0.948. The number of nitriles is 1. The van der Waals surface area contributed by atoms with E-state index < -0.39 is 11.5 Å². The third-order valence-corrected chi connectivity index (χ3v) is 4.06. The van der Waals surface area contributed by atoms with Crippen LogP contribution in [0, 0.1) is 22.6 Å². The lowest BCUT2D eigenvalue weighted by molar-refractivity contribution is -0.129. The molecule has 21 heavy (non-hydrogen) atoms. The molecule has 0 heterocycles. The highest BCUT2D eigenvalue weighted by Gasteiger charge is 2.42. The van der Waals surface area contributed by atoms with Crippen molar-refractivity contribution in [1.29, 1.82) is 5.26 Å². The number of rotatable bonds is 5. The van der Waals surface area contributed by atoms with Crippen molar-refractivity contribution in [2.45, 2.75) is 38.1 Å². The van der Waals surface area contributed by atoms with Crippen molar-refractivity contribution in [3.05, 3.63) is 35.6 Å². The van der Waals surface area contributed by atoms with E-state index in [0.29, 0.717) is 19.3 Å². The van der Waals surface area contributed by atoms with Crippen LogP contribution < -0.4 is 5.32 Å². The zero-order chi connectivity index (χ0) is 15.3. The summed E-state index contributed by atoms with van der Waals surface area (Å²) in [6, 6.07) is 7.61. The molecule has 1 aromatic rings. The zero-order valence-electron chi connectivity index (χ0n) is 11.8. The van der Waals surface area contributed by atoms with Crippen LogP contribution >= 0.6 is 0 Å². The fraction of sp³-hybridized carbons (Fsp3) is 0.500. The van der Waals surface area contributed by atoms with E-state index in [2.05, 4.69) is 11.4 Å². The van der Waals surface area contributed by atoms with Crippen molar-refractivity contribution in [2.75, 3.05) is 6.61 Å². The lowest BCUT2D eigenvalue weighted by atomic mass is 9.86. The molecule has 0 bridgehead atoms. The molecule has 0 spiro atoms. The van der Waals surface area contributed by atoms with Gasteiger partial charge in [-0.25, -0.2) is 4.39 Å². The summed E-state index contributed by atoms with van der Waals surface area (Å²) < 4.78 is 12.9. The van der Waals surface area contributed by atoms with Crippen LogP contribution in [0.25, 0.3) is 0 Å². The number of aliphatic hydroxyl groups is 1. The molecular weight excluding hydrogens is 271 g/mol. The first kappa shape index (κ1) is 15.5. The smallest absolute Gasteiger partial charge is 0.240 e. The summed E-state index contributed by atoms with van der Waals surface area (Å²) in [5.41, 5.74) is -0.121. The van der Waals surface area contributed by atoms with Gasteiger partial charge in [0, 0.05) is 0 Å². The van der Waals surface area contributed by atoms with Crippen LogP contribution in [0.15, 0.2) is 24.3 Å². The average Bonchev–Trinajstić information content (AvgIpc) is 2.99. The number of aliphatic hydroxyl groups excluding tert-OH is 1. The minimum absolute atomic E-state index is 0.218. The van der Waals surface area contributed by atoms with Crippen LogP contribution in [0.3, 0.4) is 0 Å². The Labute approximate surface area is 123 Å². The fourth-order valence-electron chi connectivity index (χ4n) is 2.76. The maximum absolute atomic E-state index is 12.9. The average molecular weight is 290 g/mol. The Balaban J connectivity index is 2.00. The van der Waals surface area contributed by atoms with Crippen LogP contribution in [0.1, 0.15) is 31.2 Å². The fourth-order valence-corrected chi connectivity index (χ4v) is 2.76. The van der Waals surface area contributed by atoms with Gasteiger partial charge in [-0.1, -0.05) is 25.0 Å². The Morgan fingerprint density at radius 3 is 2.52 bits per heavy atom. The predicted molar refractivity (Wildman–Crippen MR) is 75.6 cm³/mol.